The van der Waals surface area contributed by atoms with Crippen LogP contribution in [-0.4, -0.2) is 16.0 Å². The Balaban J connectivity index is 2.22. The Labute approximate surface area is 128 Å². The molecule has 0 saturated carbocycles. The third-order valence-corrected chi connectivity index (χ3v) is 3.30. The molecule has 4 nitrogen and oxygen atoms in total. The van der Waals surface area contributed by atoms with Gasteiger partial charge >= 0.3 is 0 Å². The number of anilines is 1. The monoisotopic (exact) mass is 304 g/mol. The van der Waals surface area contributed by atoms with E-state index in [4.69, 9.17) is 11.6 Å². The summed E-state index contributed by atoms with van der Waals surface area (Å²) in [6.07, 6.45) is 1.62. The molecule has 2 N–H and O–H groups in total. The van der Waals surface area contributed by atoms with Crippen LogP contribution in [0.4, 0.5) is 5.69 Å². The quantitative estimate of drug-likeness (QED) is 0.825. The van der Waals surface area contributed by atoms with E-state index in [9.17, 15) is 9.90 Å². The number of hydrogen-bond donors (Lipinski definition) is 2. The minimum absolute atomic E-state index is 0.0198. The van der Waals surface area contributed by atoms with Crippen molar-refractivity contribution in [2.45, 2.75) is 26.2 Å². The molecule has 21 heavy (non-hydrogen) atoms. The molecule has 0 spiro atoms. The summed E-state index contributed by atoms with van der Waals surface area (Å²) >= 11 is 5.82. The molecule has 0 aliphatic rings. The van der Waals surface area contributed by atoms with E-state index in [-0.39, 0.29) is 22.1 Å². The summed E-state index contributed by atoms with van der Waals surface area (Å²) in [5.41, 5.74) is 1.77. The summed E-state index contributed by atoms with van der Waals surface area (Å²) in [5, 5.41) is 12.3. The van der Waals surface area contributed by atoms with E-state index in [0.717, 1.165) is 5.69 Å². The number of aromatic nitrogens is 1. The predicted molar refractivity (Wildman–Crippen MR) is 84.0 cm³/mol. The number of benzene rings is 1. The highest BCUT2D eigenvalue weighted by Crippen LogP contribution is 2.26. The third-order valence-electron chi connectivity index (χ3n) is 3.00. The van der Waals surface area contributed by atoms with Crippen LogP contribution in [0.3, 0.4) is 0 Å². The second-order valence-electron chi connectivity index (χ2n) is 5.80. The number of aromatic hydroxyl groups is 1. The molecule has 0 atom stereocenters. The number of phenols is 1. The van der Waals surface area contributed by atoms with Gasteiger partial charge in [0.25, 0.3) is 5.91 Å². The molecule has 0 unspecified atom stereocenters. The maximum Gasteiger partial charge on any atom is 0.255 e. The Morgan fingerprint density at radius 2 is 1.95 bits per heavy atom. The van der Waals surface area contributed by atoms with Crippen molar-refractivity contribution in [3.8, 4) is 5.75 Å². The zero-order chi connectivity index (χ0) is 15.6. The Morgan fingerprint density at radius 3 is 2.57 bits per heavy atom. The molecule has 0 radical (unpaired) electrons. The van der Waals surface area contributed by atoms with E-state index in [1.165, 1.54) is 12.1 Å². The number of nitrogens with zero attached hydrogens (tertiary/aromatic N) is 1. The van der Waals surface area contributed by atoms with Crippen molar-refractivity contribution < 1.29 is 9.90 Å². The van der Waals surface area contributed by atoms with Crippen LogP contribution >= 0.6 is 11.6 Å². The van der Waals surface area contributed by atoms with Crippen molar-refractivity contribution >= 4 is 23.2 Å². The molecule has 1 amide bonds. The second kappa shape index (κ2) is 5.74. The van der Waals surface area contributed by atoms with Crippen molar-refractivity contribution in [2.24, 2.45) is 0 Å². The lowest BCUT2D eigenvalue weighted by Gasteiger charge is -2.18. The number of carbonyl (C=O) groups is 1. The fourth-order valence-electron chi connectivity index (χ4n) is 1.77. The van der Waals surface area contributed by atoms with E-state index < -0.39 is 0 Å². The first kappa shape index (κ1) is 15.3. The van der Waals surface area contributed by atoms with E-state index >= 15 is 0 Å². The van der Waals surface area contributed by atoms with Crippen molar-refractivity contribution in [1.29, 1.82) is 0 Å². The topological polar surface area (TPSA) is 62.2 Å². The van der Waals surface area contributed by atoms with E-state index in [1.54, 1.807) is 24.4 Å². The molecule has 0 bridgehead atoms. The van der Waals surface area contributed by atoms with E-state index in [2.05, 4.69) is 10.3 Å². The highest BCUT2D eigenvalue weighted by Gasteiger charge is 2.17. The van der Waals surface area contributed by atoms with Crippen LogP contribution < -0.4 is 5.32 Å². The van der Waals surface area contributed by atoms with Gasteiger partial charge in [-0.05, 0) is 30.3 Å². The summed E-state index contributed by atoms with van der Waals surface area (Å²) in [7, 11) is 0. The van der Waals surface area contributed by atoms with Gasteiger partial charge in [-0.25, -0.2) is 0 Å². The molecule has 0 saturated heterocycles. The molecule has 1 heterocycles. The van der Waals surface area contributed by atoms with Crippen LogP contribution in [-0.2, 0) is 5.41 Å². The third kappa shape index (κ3) is 3.73. The van der Waals surface area contributed by atoms with Crippen molar-refractivity contribution in [3.63, 3.8) is 0 Å². The van der Waals surface area contributed by atoms with Gasteiger partial charge in [-0.1, -0.05) is 32.4 Å². The Bertz CT molecular complexity index is 678. The Morgan fingerprint density at radius 1 is 1.24 bits per heavy atom. The molecular formula is C16H17ClN2O2. The summed E-state index contributed by atoms with van der Waals surface area (Å²) in [5.74, 6) is -0.266. The Kier molecular flexibility index (Phi) is 4.19. The smallest absolute Gasteiger partial charge is 0.255 e. The number of amides is 1. The summed E-state index contributed by atoms with van der Waals surface area (Å²) in [6, 6.07) is 7.96. The zero-order valence-corrected chi connectivity index (χ0v) is 12.9. The standard InChI is InChI=1S/C16H17ClN2O2/c1-16(2,3)14-8-10(6-7-18-14)15(21)19-11-4-5-13(20)12(17)9-11/h4-9,20H,1-3H3,(H,19,21). The number of pyridine rings is 1. The predicted octanol–water partition coefficient (Wildman–Crippen LogP) is 3.99. The van der Waals surface area contributed by atoms with Gasteiger partial charge in [0.1, 0.15) is 5.75 Å². The summed E-state index contributed by atoms with van der Waals surface area (Å²) in [4.78, 5) is 16.5. The minimum Gasteiger partial charge on any atom is -0.506 e. The van der Waals surface area contributed by atoms with Gasteiger partial charge in [0.05, 0.1) is 5.02 Å². The number of hydrogen-bond acceptors (Lipinski definition) is 3. The molecule has 110 valence electrons. The molecule has 2 aromatic rings. The molecule has 1 aromatic heterocycles. The van der Waals surface area contributed by atoms with Gasteiger partial charge in [0.2, 0.25) is 0 Å². The highest BCUT2D eigenvalue weighted by molar-refractivity contribution is 6.32. The normalized spacial score (nSPS) is 11.2. The largest absolute Gasteiger partial charge is 0.506 e. The first-order chi connectivity index (χ1) is 9.77. The number of phenolic OH excluding ortho intramolecular Hbond substituents is 1. The fourth-order valence-corrected chi connectivity index (χ4v) is 1.95. The number of rotatable bonds is 2. The lowest BCUT2D eigenvalue weighted by atomic mass is 9.91. The van der Waals surface area contributed by atoms with Crippen molar-refractivity contribution in [3.05, 3.63) is 52.8 Å². The highest BCUT2D eigenvalue weighted by atomic mass is 35.5. The second-order valence-corrected chi connectivity index (χ2v) is 6.21. The van der Waals surface area contributed by atoms with Crippen molar-refractivity contribution in [1.82, 2.24) is 4.98 Å². The van der Waals surface area contributed by atoms with Crippen LogP contribution in [0.1, 0.15) is 36.8 Å². The van der Waals surface area contributed by atoms with Gasteiger partial charge in [0, 0.05) is 28.6 Å². The zero-order valence-electron chi connectivity index (χ0n) is 12.1. The molecule has 0 aliphatic carbocycles. The average molecular weight is 305 g/mol. The fraction of sp³-hybridized carbons (Fsp3) is 0.250. The first-order valence-corrected chi connectivity index (χ1v) is 6.91. The average Bonchev–Trinajstić information content (AvgIpc) is 2.42. The SMILES string of the molecule is CC(C)(C)c1cc(C(=O)Nc2ccc(O)c(Cl)c2)ccn1. The number of carbonyl (C=O) groups excluding carboxylic acids is 1. The van der Waals surface area contributed by atoms with Crippen molar-refractivity contribution in [2.75, 3.05) is 5.32 Å². The molecule has 5 heteroatoms. The molecular weight excluding hydrogens is 288 g/mol. The lowest BCUT2D eigenvalue weighted by Crippen LogP contribution is -2.17. The molecule has 0 aliphatic heterocycles. The maximum absolute atomic E-state index is 12.2. The van der Waals surface area contributed by atoms with Gasteiger partial charge in [-0.2, -0.15) is 0 Å². The first-order valence-electron chi connectivity index (χ1n) is 6.54. The van der Waals surface area contributed by atoms with Crippen LogP contribution in [0.25, 0.3) is 0 Å². The Hall–Kier alpha value is -2.07. The van der Waals surface area contributed by atoms with E-state index in [0.29, 0.717) is 11.3 Å². The van der Waals surface area contributed by atoms with Gasteiger partial charge in [-0.3, -0.25) is 9.78 Å². The molecule has 0 fully saturated rings. The van der Waals surface area contributed by atoms with Gasteiger partial charge in [0.15, 0.2) is 0 Å². The number of nitrogens with one attached hydrogen (secondary N) is 1. The van der Waals surface area contributed by atoms with Gasteiger partial charge in [-0.15, -0.1) is 0 Å². The summed E-state index contributed by atoms with van der Waals surface area (Å²) < 4.78 is 0. The molecule has 1 aromatic carbocycles. The van der Waals surface area contributed by atoms with E-state index in [1.807, 2.05) is 20.8 Å². The van der Waals surface area contributed by atoms with Gasteiger partial charge < -0.3 is 10.4 Å². The summed E-state index contributed by atoms with van der Waals surface area (Å²) in [6.45, 7) is 6.12. The molecule has 2 rings (SSSR count). The van der Waals surface area contributed by atoms with Crippen LogP contribution in [0.5, 0.6) is 5.75 Å². The number of halogens is 1. The van der Waals surface area contributed by atoms with Crippen LogP contribution in [0.15, 0.2) is 36.5 Å². The maximum atomic E-state index is 12.2. The van der Waals surface area contributed by atoms with Crippen LogP contribution in [0, 0.1) is 0 Å². The van der Waals surface area contributed by atoms with Crippen LogP contribution in [0.2, 0.25) is 5.02 Å². The lowest BCUT2D eigenvalue weighted by molar-refractivity contribution is 0.102. The minimum atomic E-state index is -0.246.